The van der Waals surface area contributed by atoms with Crippen molar-refractivity contribution in [2.24, 2.45) is 11.8 Å². The number of amides is 1. The lowest BCUT2D eigenvalue weighted by Gasteiger charge is -2.54. The maximum atomic E-state index is 12.9. The van der Waals surface area contributed by atoms with Crippen LogP contribution in [-0.4, -0.2) is 69.0 Å². The summed E-state index contributed by atoms with van der Waals surface area (Å²) in [6.45, 7) is 12.2. The van der Waals surface area contributed by atoms with Crippen molar-refractivity contribution in [3.8, 4) is 5.75 Å². The average molecular weight is 532 g/mol. The molecule has 0 radical (unpaired) electrons. The van der Waals surface area contributed by atoms with Gasteiger partial charge in [0, 0.05) is 32.2 Å². The first-order valence-electron chi connectivity index (χ1n) is 14.4. The number of nitrogens with zero attached hydrogens (tertiary/aromatic N) is 3. The molecule has 0 aromatic heterocycles. The van der Waals surface area contributed by atoms with Crippen LogP contribution in [0.25, 0.3) is 4.85 Å². The Morgan fingerprint density at radius 2 is 1.82 bits per heavy atom. The highest BCUT2D eigenvalue weighted by molar-refractivity contribution is 5.68. The van der Waals surface area contributed by atoms with E-state index in [0.29, 0.717) is 37.2 Å². The molecule has 2 heterocycles. The maximum Gasteiger partial charge on any atom is 0.409 e. The molecule has 2 aromatic carbocycles. The normalized spacial score (nSPS) is 25.6. The van der Waals surface area contributed by atoms with E-state index < -0.39 is 0 Å². The molecule has 0 bridgehead atoms. The van der Waals surface area contributed by atoms with Gasteiger partial charge < -0.3 is 24.0 Å². The molecule has 0 N–H and O–H groups in total. The van der Waals surface area contributed by atoms with Crippen molar-refractivity contribution >= 4 is 11.8 Å². The minimum Gasteiger partial charge on any atom is -0.494 e. The lowest BCUT2D eigenvalue weighted by molar-refractivity contribution is -0.0219. The number of methoxy groups -OCH3 is 2. The SMILES string of the molecule is [C-]#[N+]c1ccc(OCCCN2CCC(C3([C@@H]4CCC[C@H]4OC)CN(C(=O)OC)Cc4ccccc43)CC2)cc1. The van der Waals surface area contributed by atoms with Gasteiger partial charge in [-0.25, -0.2) is 9.64 Å². The van der Waals surface area contributed by atoms with Gasteiger partial charge in [0.2, 0.25) is 0 Å². The van der Waals surface area contributed by atoms with Crippen LogP contribution in [0, 0.1) is 18.4 Å². The first-order valence-corrected chi connectivity index (χ1v) is 14.4. The van der Waals surface area contributed by atoms with Crippen molar-refractivity contribution in [3.05, 3.63) is 71.1 Å². The molecule has 7 nitrogen and oxygen atoms in total. The van der Waals surface area contributed by atoms with Crippen molar-refractivity contribution in [3.63, 3.8) is 0 Å². The first kappa shape index (κ1) is 27.5. The zero-order valence-corrected chi connectivity index (χ0v) is 23.3. The molecule has 1 saturated heterocycles. The van der Waals surface area contributed by atoms with Crippen molar-refractivity contribution in [2.75, 3.05) is 47.0 Å². The summed E-state index contributed by atoms with van der Waals surface area (Å²) in [4.78, 5) is 20.8. The molecule has 39 heavy (non-hydrogen) atoms. The van der Waals surface area contributed by atoms with Crippen LogP contribution in [-0.2, 0) is 21.4 Å². The first-order chi connectivity index (χ1) is 19.1. The molecule has 7 heteroatoms. The summed E-state index contributed by atoms with van der Waals surface area (Å²) >= 11 is 0. The molecule has 2 aliphatic heterocycles. The number of hydrogen-bond acceptors (Lipinski definition) is 5. The molecule has 1 unspecified atom stereocenters. The van der Waals surface area contributed by atoms with E-state index in [1.54, 1.807) is 12.1 Å². The van der Waals surface area contributed by atoms with Gasteiger partial charge >= 0.3 is 6.09 Å². The topological polar surface area (TPSA) is 55.6 Å². The largest absolute Gasteiger partial charge is 0.494 e. The van der Waals surface area contributed by atoms with Crippen molar-refractivity contribution in [1.29, 1.82) is 0 Å². The third-order valence-corrected chi connectivity index (χ3v) is 9.35. The Labute approximate surface area is 232 Å². The quantitative estimate of drug-likeness (QED) is 0.306. The van der Waals surface area contributed by atoms with Crippen molar-refractivity contribution in [1.82, 2.24) is 9.80 Å². The van der Waals surface area contributed by atoms with Crippen LogP contribution in [0.5, 0.6) is 5.75 Å². The summed E-state index contributed by atoms with van der Waals surface area (Å²) in [5.74, 6) is 1.68. The van der Waals surface area contributed by atoms with Crippen LogP contribution >= 0.6 is 0 Å². The number of fused-ring (bicyclic) bond motifs is 1. The minimum atomic E-state index is -0.234. The van der Waals surface area contributed by atoms with Gasteiger partial charge in [-0.1, -0.05) is 42.8 Å². The summed E-state index contributed by atoms with van der Waals surface area (Å²) in [5, 5.41) is 0. The van der Waals surface area contributed by atoms with E-state index in [1.807, 2.05) is 24.1 Å². The lowest BCUT2D eigenvalue weighted by Crippen LogP contribution is -2.59. The Bertz CT molecular complexity index is 1150. The molecule has 5 rings (SSSR count). The average Bonchev–Trinajstić information content (AvgIpc) is 3.48. The zero-order valence-electron chi connectivity index (χ0n) is 23.3. The Hall–Kier alpha value is -3.08. The Kier molecular flexibility index (Phi) is 8.74. The Morgan fingerprint density at radius 3 is 2.54 bits per heavy atom. The molecular weight excluding hydrogens is 490 g/mol. The summed E-state index contributed by atoms with van der Waals surface area (Å²) in [6, 6.07) is 16.1. The molecule has 0 spiro atoms. The Balaban J connectivity index is 1.29. The van der Waals surface area contributed by atoms with E-state index >= 15 is 0 Å². The second-order valence-corrected chi connectivity index (χ2v) is 11.3. The van der Waals surface area contributed by atoms with Gasteiger partial charge in [0.1, 0.15) is 5.75 Å². The van der Waals surface area contributed by atoms with E-state index in [0.717, 1.165) is 57.5 Å². The standard InChI is InChI=1S/C32H41N3O4/c1-33-26-12-14-27(15-13-26)39-21-7-18-34-19-16-25(17-20-34)32(29-10-6-11-30(29)37-2)23-35(31(36)38-3)22-24-8-4-5-9-28(24)32/h4-5,8-9,12-15,25,29-30H,6-7,10-11,16-23H2,2-3H3/t29-,30-,32?/m1/s1. The number of piperidine rings is 1. The smallest absolute Gasteiger partial charge is 0.409 e. The molecule has 208 valence electrons. The molecule has 3 aliphatic rings. The molecule has 1 aliphatic carbocycles. The lowest BCUT2D eigenvalue weighted by atomic mass is 9.56. The second kappa shape index (κ2) is 12.4. The highest BCUT2D eigenvalue weighted by Gasteiger charge is 2.55. The van der Waals surface area contributed by atoms with Gasteiger partial charge in [0.05, 0.1) is 26.4 Å². The number of likely N-dealkylation sites (tertiary alicyclic amines) is 1. The van der Waals surface area contributed by atoms with Crippen LogP contribution in [0.2, 0.25) is 0 Å². The number of carbonyl (C=O) groups excluding carboxylic acids is 1. The highest BCUT2D eigenvalue weighted by atomic mass is 16.5. The maximum absolute atomic E-state index is 12.9. The third kappa shape index (κ3) is 5.64. The third-order valence-electron chi connectivity index (χ3n) is 9.35. The van der Waals surface area contributed by atoms with Gasteiger partial charge in [-0.2, -0.15) is 0 Å². The van der Waals surface area contributed by atoms with E-state index in [4.69, 9.17) is 20.8 Å². The second-order valence-electron chi connectivity index (χ2n) is 11.3. The number of rotatable bonds is 8. The number of carbonyl (C=O) groups is 1. The predicted molar refractivity (Wildman–Crippen MR) is 151 cm³/mol. The summed E-state index contributed by atoms with van der Waals surface area (Å²) < 4.78 is 17.2. The van der Waals surface area contributed by atoms with E-state index in [9.17, 15) is 4.79 Å². The fourth-order valence-electron chi connectivity index (χ4n) is 7.57. The van der Waals surface area contributed by atoms with Crippen molar-refractivity contribution < 1.29 is 19.0 Å². The summed E-state index contributed by atoms with van der Waals surface area (Å²) in [6.07, 6.45) is 6.55. The van der Waals surface area contributed by atoms with Gasteiger partial charge in [0.25, 0.3) is 0 Å². The van der Waals surface area contributed by atoms with Crippen molar-refractivity contribution in [2.45, 2.75) is 56.6 Å². The number of benzene rings is 2. The summed E-state index contributed by atoms with van der Waals surface area (Å²) in [5.41, 5.74) is 3.18. The molecular formula is C32H41N3O4. The van der Waals surface area contributed by atoms with Crippen LogP contribution < -0.4 is 4.74 Å². The van der Waals surface area contributed by atoms with Gasteiger partial charge in [-0.3, -0.25) is 0 Å². The van der Waals surface area contributed by atoms with Gasteiger partial charge in [-0.05, 0) is 80.3 Å². The van der Waals surface area contributed by atoms with Gasteiger partial charge in [0.15, 0.2) is 5.69 Å². The van der Waals surface area contributed by atoms with E-state index in [1.165, 1.54) is 24.7 Å². The van der Waals surface area contributed by atoms with Gasteiger partial charge in [-0.15, -0.1) is 0 Å². The number of ether oxygens (including phenoxy) is 3. The fraction of sp³-hybridized carbons (Fsp3) is 0.562. The van der Waals surface area contributed by atoms with Crippen LogP contribution in [0.1, 0.15) is 49.7 Å². The predicted octanol–water partition coefficient (Wildman–Crippen LogP) is 6.05. The van der Waals surface area contributed by atoms with Crippen LogP contribution in [0.15, 0.2) is 48.5 Å². The minimum absolute atomic E-state index is 0.132. The molecule has 2 aromatic rings. The Morgan fingerprint density at radius 1 is 1.05 bits per heavy atom. The number of hydrogen-bond donors (Lipinski definition) is 0. The molecule has 3 atom stereocenters. The fourth-order valence-corrected chi connectivity index (χ4v) is 7.57. The molecule has 1 amide bonds. The molecule has 1 saturated carbocycles. The summed E-state index contributed by atoms with van der Waals surface area (Å²) in [7, 11) is 3.34. The monoisotopic (exact) mass is 531 g/mol. The zero-order chi connectivity index (χ0) is 27.2. The van der Waals surface area contributed by atoms with Crippen LogP contribution in [0.4, 0.5) is 10.5 Å². The van der Waals surface area contributed by atoms with E-state index in [-0.39, 0.29) is 17.6 Å². The van der Waals surface area contributed by atoms with E-state index in [2.05, 4.69) is 34.0 Å². The van der Waals surface area contributed by atoms with Crippen LogP contribution in [0.3, 0.4) is 0 Å². The highest BCUT2D eigenvalue weighted by Crippen LogP contribution is 2.54. The molecule has 2 fully saturated rings.